The van der Waals surface area contributed by atoms with E-state index in [0.29, 0.717) is 6.04 Å². The van der Waals surface area contributed by atoms with Crippen molar-refractivity contribution in [3.8, 4) is 17.2 Å². The van der Waals surface area contributed by atoms with Gasteiger partial charge >= 0.3 is 0 Å². The van der Waals surface area contributed by atoms with E-state index < -0.39 is 0 Å². The molecule has 0 spiro atoms. The van der Waals surface area contributed by atoms with Crippen LogP contribution in [0.25, 0.3) is 17.2 Å². The van der Waals surface area contributed by atoms with E-state index in [-0.39, 0.29) is 0 Å². The van der Waals surface area contributed by atoms with Crippen LogP contribution in [0, 0.1) is 0 Å². The highest BCUT2D eigenvalue weighted by Gasteiger charge is 2.22. The molecule has 6 nitrogen and oxygen atoms in total. The number of imidazole rings is 1. The zero-order chi connectivity index (χ0) is 15.6. The van der Waals surface area contributed by atoms with Gasteiger partial charge in [0, 0.05) is 25.0 Å². The summed E-state index contributed by atoms with van der Waals surface area (Å²) in [5.41, 5.74) is 1.81. The van der Waals surface area contributed by atoms with E-state index in [1.807, 2.05) is 42.7 Å². The van der Waals surface area contributed by atoms with Crippen molar-refractivity contribution >= 4 is 0 Å². The molecule has 4 rings (SSSR count). The molecule has 1 aliphatic rings. The van der Waals surface area contributed by atoms with E-state index in [9.17, 15) is 0 Å². The summed E-state index contributed by atoms with van der Waals surface area (Å²) in [7, 11) is 2.18. The Kier molecular flexibility index (Phi) is 3.67. The number of piperidine rings is 1. The highest BCUT2D eigenvalue weighted by Crippen LogP contribution is 2.26. The van der Waals surface area contributed by atoms with Crippen LogP contribution in [0.2, 0.25) is 0 Å². The minimum atomic E-state index is 0.452. The number of para-hydroxylation sites is 1. The fourth-order valence-corrected chi connectivity index (χ4v) is 3.25. The first-order valence-corrected chi connectivity index (χ1v) is 8.01. The van der Waals surface area contributed by atoms with Gasteiger partial charge in [-0.15, -0.1) is 5.10 Å². The van der Waals surface area contributed by atoms with Crippen molar-refractivity contribution in [3.63, 3.8) is 0 Å². The van der Waals surface area contributed by atoms with Crippen LogP contribution in [0.5, 0.6) is 0 Å². The molecule has 0 saturated carbocycles. The van der Waals surface area contributed by atoms with Crippen LogP contribution in [0.4, 0.5) is 0 Å². The van der Waals surface area contributed by atoms with E-state index in [2.05, 4.69) is 38.0 Å². The van der Waals surface area contributed by atoms with Gasteiger partial charge < -0.3 is 9.47 Å². The molecule has 1 unspecified atom stereocenters. The van der Waals surface area contributed by atoms with Crippen molar-refractivity contribution in [3.05, 3.63) is 48.9 Å². The van der Waals surface area contributed by atoms with Crippen LogP contribution in [-0.2, 0) is 0 Å². The molecule has 0 radical (unpaired) electrons. The number of rotatable bonds is 3. The molecular formula is C17H20N6. The highest BCUT2D eigenvalue weighted by molar-refractivity contribution is 5.49. The summed E-state index contributed by atoms with van der Waals surface area (Å²) < 4.78 is 4.04. The maximum Gasteiger partial charge on any atom is 0.162 e. The number of aromatic nitrogens is 5. The fourth-order valence-electron chi connectivity index (χ4n) is 3.25. The average Bonchev–Trinajstić information content (AvgIpc) is 3.25. The van der Waals surface area contributed by atoms with Crippen molar-refractivity contribution < 1.29 is 0 Å². The van der Waals surface area contributed by atoms with E-state index in [0.717, 1.165) is 23.8 Å². The number of benzene rings is 1. The van der Waals surface area contributed by atoms with Crippen molar-refractivity contribution in [1.82, 2.24) is 29.4 Å². The van der Waals surface area contributed by atoms with Gasteiger partial charge in [0.05, 0.1) is 11.9 Å². The molecule has 1 saturated heterocycles. The maximum absolute atomic E-state index is 4.52. The molecule has 3 heterocycles. The topological polar surface area (TPSA) is 51.8 Å². The first kappa shape index (κ1) is 14.1. The first-order valence-electron chi connectivity index (χ1n) is 8.01. The van der Waals surface area contributed by atoms with Crippen molar-refractivity contribution in [2.24, 2.45) is 0 Å². The molecule has 1 atom stereocenters. The van der Waals surface area contributed by atoms with E-state index in [1.54, 1.807) is 4.68 Å². The molecule has 0 aliphatic carbocycles. The van der Waals surface area contributed by atoms with Gasteiger partial charge in [0.2, 0.25) is 0 Å². The zero-order valence-corrected chi connectivity index (χ0v) is 13.2. The number of likely N-dealkylation sites (tertiary alicyclic amines) is 1. The average molecular weight is 308 g/mol. The van der Waals surface area contributed by atoms with Gasteiger partial charge in [-0.3, -0.25) is 0 Å². The Bertz CT molecular complexity index is 775. The van der Waals surface area contributed by atoms with Crippen LogP contribution < -0.4 is 0 Å². The van der Waals surface area contributed by atoms with E-state index in [4.69, 9.17) is 0 Å². The number of likely N-dealkylation sites (N-methyl/N-ethyl adjacent to an activating group) is 1. The second kappa shape index (κ2) is 5.96. The number of nitrogens with zero attached hydrogens (tertiary/aromatic N) is 6. The van der Waals surface area contributed by atoms with Crippen molar-refractivity contribution in [2.75, 3.05) is 20.1 Å². The molecule has 0 amide bonds. The zero-order valence-electron chi connectivity index (χ0n) is 13.2. The summed E-state index contributed by atoms with van der Waals surface area (Å²) in [6, 6.07) is 10.5. The molecule has 1 aromatic carbocycles. The smallest absolute Gasteiger partial charge is 0.162 e. The third-order valence-electron chi connectivity index (χ3n) is 4.40. The van der Waals surface area contributed by atoms with Gasteiger partial charge in [0.25, 0.3) is 0 Å². The minimum absolute atomic E-state index is 0.452. The van der Waals surface area contributed by atoms with Gasteiger partial charge in [-0.05, 0) is 38.6 Å². The summed E-state index contributed by atoms with van der Waals surface area (Å²) in [6.45, 7) is 2.22. The molecule has 6 heteroatoms. The molecule has 2 aromatic heterocycles. The standard InChI is InChI=1S/C17H20N6/c1-21-10-5-8-15(12-21)22-11-9-18-17(22)16-13-23(20-19-16)14-6-3-2-4-7-14/h2-4,6-7,9,11,13,15H,5,8,10,12H2,1H3. The molecule has 0 bridgehead atoms. The van der Waals surface area contributed by atoms with Crippen LogP contribution in [0.3, 0.4) is 0 Å². The lowest BCUT2D eigenvalue weighted by Crippen LogP contribution is -2.33. The predicted molar refractivity (Wildman–Crippen MR) is 88.3 cm³/mol. The first-order chi connectivity index (χ1) is 11.3. The molecular weight excluding hydrogens is 288 g/mol. The Balaban J connectivity index is 1.65. The van der Waals surface area contributed by atoms with Gasteiger partial charge in [0.15, 0.2) is 5.82 Å². The summed E-state index contributed by atoms with van der Waals surface area (Å²) in [5.74, 6) is 0.896. The largest absolute Gasteiger partial charge is 0.325 e. The normalized spacial score (nSPS) is 19.1. The second-order valence-electron chi connectivity index (χ2n) is 6.10. The molecule has 1 fully saturated rings. The van der Waals surface area contributed by atoms with Gasteiger partial charge in [-0.2, -0.15) is 0 Å². The molecule has 23 heavy (non-hydrogen) atoms. The summed E-state index contributed by atoms with van der Waals surface area (Å²) in [6.07, 6.45) is 8.25. The Morgan fingerprint density at radius 1 is 1.17 bits per heavy atom. The quantitative estimate of drug-likeness (QED) is 0.745. The van der Waals surface area contributed by atoms with Crippen molar-refractivity contribution in [1.29, 1.82) is 0 Å². The van der Waals surface area contributed by atoms with Gasteiger partial charge in [0.1, 0.15) is 5.69 Å². The summed E-state index contributed by atoms with van der Waals surface area (Å²) in [5, 5.41) is 8.57. The lowest BCUT2D eigenvalue weighted by atomic mass is 10.1. The maximum atomic E-state index is 4.52. The minimum Gasteiger partial charge on any atom is -0.325 e. The van der Waals surface area contributed by atoms with E-state index in [1.165, 1.54) is 19.4 Å². The summed E-state index contributed by atoms with van der Waals surface area (Å²) >= 11 is 0. The third-order valence-corrected chi connectivity index (χ3v) is 4.40. The Labute approximate surface area is 135 Å². The fraction of sp³-hybridized carbons (Fsp3) is 0.353. The van der Waals surface area contributed by atoms with Gasteiger partial charge in [-0.25, -0.2) is 9.67 Å². The number of hydrogen-bond acceptors (Lipinski definition) is 4. The SMILES string of the molecule is CN1CCCC(n2ccnc2-c2cn(-c3ccccc3)nn2)C1. The molecule has 1 aliphatic heterocycles. The molecule has 118 valence electrons. The lowest BCUT2D eigenvalue weighted by molar-refractivity contribution is 0.213. The van der Waals surface area contributed by atoms with Crippen LogP contribution >= 0.6 is 0 Å². The second-order valence-corrected chi connectivity index (χ2v) is 6.10. The van der Waals surface area contributed by atoms with E-state index >= 15 is 0 Å². The number of hydrogen-bond donors (Lipinski definition) is 0. The molecule has 0 N–H and O–H groups in total. The summed E-state index contributed by atoms with van der Waals surface area (Å²) in [4.78, 5) is 6.90. The predicted octanol–water partition coefficient (Wildman–Crippen LogP) is 2.40. The Morgan fingerprint density at radius 3 is 2.87 bits per heavy atom. The Morgan fingerprint density at radius 2 is 2.04 bits per heavy atom. The van der Waals surface area contributed by atoms with Gasteiger partial charge in [-0.1, -0.05) is 23.4 Å². The van der Waals surface area contributed by atoms with Crippen LogP contribution in [0.1, 0.15) is 18.9 Å². The third kappa shape index (κ3) is 2.77. The lowest BCUT2D eigenvalue weighted by Gasteiger charge is -2.31. The van der Waals surface area contributed by atoms with Crippen LogP contribution in [0.15, 0.2) is 48.9 Å². The van der Waals surface area contributed by atoms with Crippen molar-refractivity contribution in [2.45, 2.75) is 18.9 Å². The van der Waals surface area contributed by atoms with Crippen LogP contribution in [-0.4, -0.2) is 49.6 Å². The Hall–Kier alpha value is -2.47. The molecule has 3 aromatic rings. The monoisotopic (exact) mass is 308 g/mol. The highest BCUT2D eigenvalue weighted by atomic mass is 15.4.